The lowest BCUT2D eigenvalue weighted by atomic mass is 10.2. The molecule has 0 fully saturated rings. The van der Waals surface area contributed by atoms with E-state index in [2.05, 4.69) is 15.1 Å². The van der Waals surface area contributed by atoms with Crippen LogP contribution < -0.4 is 10.0 Å². The lowest BCUT2D eigenvalue weighted by molar-refractivity contribution is 0.0952. The highest BCUT2D eigenvalue weighted by Gasteiger charge is 2.13. The number of sulfonamides is 1. The highest BCUT2D eigenvalue weighted by atomic mass is 32.2. The zero-order valence-corrected chi connectivity index (χ0v) is 16.3. The lowest BCUT2D eigenvalue weighted by Crippen LogP contribution is -2.25. The second-order valence-corrected chi connectivity index (χ2v) is 8.07. The molecule has 0 radical (unpaired) electrons. The van der Waals surface area contributed by atoms with Gasteiger partial charge in [-0.05, 0) is 55.3 Å². The molecule has 1 aromatic heterocycles. The minimum absolute atomic E-state index is 0.184. The van der Waals surface area contributed by atoms with E-state index in [1.54, 1.807) is 48.7 Å². The molecule has 0 saturated heterocycles. The Balaban J connectivity index is 1.51. The fraction of sp³-hybridized carbons (Fsp3) is 0.200. The number of benzene rings is 2. The molecule has 0 aliphatic carbocycles. The molecule has 8 heteroatoms. The zero-order valence-electron chi connectivity index (χ0n) is 15.5. The summed E-state index contributed by atoms with van der Waals surface area (Å²) in [5, 5.41) is 7.05. The van der Waals surface area contributed by atoms with Crippen LogP contribution in [0.5, 0.6) is 0 Å². The maximum atomic E-state index is 12.3. The molecule has 1 heterocycles. The number of hydrogen-bond donors (Lipinski definition) is 2. The predicted octanol–water partition coefficient (Wildman–Crippen LogP) is 2.81. The number of amides is 1. The molecule has 7 nitrogen and oxygen atoms in total. The molecule has 2 aromatic carbocycles. The molecule has 2 N–H and O–H groups in total. The third kappa shape index (κ3) is 5.20. The Bertz CT molecular complexity index is 1030. The van der Waals surface area contributed by atoms with Gasteiger partial charge in [0.25, 0.3) is 15.9 Å². The second-order valence-electron chi connectivity index (χ2n) is 6.39. The van der Waals surface area contributed by atoms with Crippen molar-refractivity contribution in [1.82, 2.24) is 15.1 Å². The van der Waals surface area contributed by atoms with Gasteiger partial charge in [-0.25, -0.2) is 8.42 Å². The Labute approximate surface area is 164 Å². The standard InChI is InChI=1S/C20H22N4O3S/c1-16-14-22-24(15-16)13-5-12-21-20(25)17-8-10-18(11-9-17)23-28(26,27)19-6-3-2-4-7-19/h2-4,6-11,14-15,23H,5,12-13H2,1H3,(H,21,25). The first kappa shape index (κ1) is 19.6. The van der Waals surface area contributed by atoms with Crippen LogP contribution in [0.25, 0.3) is 0 Å². The first-order valence-electron chi connectivity index (χ1n) is 8.89. The van der Waals surface area contributed by atoms with Gasteiger partial charge in [-0.2, -0.15) is 5.10 Å². The monoisotopic (exact) mass is 398 g/mol. The number of aryl methyl sites for hydroxylation is 2. The number of carbonyl (C=O) groups excluding carboxylic acids is 1. The van der Waals surface area contributed by atoms with E-state index >= 15 is 0 Å². The normalized spacial score (nSPS) is 11.2. The number of anilines is 1. The summed E-state index contributed by atoms with van der Waals surface area (Å²) in [6.45, 7) is 3.24. The third-order valence-electron chi connectivity index (χ3n) is 4.06. The molecule has 28 heavy (non-hydrogen) atoms. The van der Waals surface area contributed by atoms with Crippen molar-refractivity contribution >= 4 is 21.6 Å². The minimum atomic E-state index is -3.65. The van der Waals surface area contributed by atoms with Crippen molar-refractivity contribution in [1.29, 1.82) is 0 Å². The molecule has 0 spiro atoms. The topological polar surface area (TPSA) is 93.1 Å². The summed E-state index contributed by atoms with van der Waals surface area (Å²) in [7, 11) is -3.65. The van der Waals surface area contributed by atoms with Gasteiger partial charge >= 0.3 is 0 Å². The number of aromatic nitrogens is 2. The maximum Gasteiger partial charge on any atom is 0.261 e. The number of carbonyl (C=O) groups is 1. The Hall–Kier alpha value is -3.13. The average molecular weight is 398 g/mol. The summed E-state index contributed by atoms with van der Waals surface area (Å²) in [4.78, 5) is 12.4. The first-order chi connectivity index (χ1) is 13.4. The first-order valence-corrected chi connectivity index (χ1v) is 10.4. The van der Waals surface area contributed by atoms with E-state index in [0.29, 0.717) is 17.8 Å². The van der Waals surface area contributed by atoms with E-state index in [1.165, 1.54) is 12.1 Å². The van der Waals surface area contributed by atoms with Crippen LogP contribution in [-0.2, 0) is 16.6 Å². The minimum Gasteiger partial charge on any atom is -0.352 e. The summed E-state index contributed by atoms with van der Waals surface area (Å²) >= 11 is 0. The summed E-state index contributed by atoms with van der Waals surface area (Å²) in [6, 6.07) is 14.4. The van der Waals surface area contributed by atoms with Gasteiger partial charge in [0.05, 0.1) is 11.1 Å². The van der Waals surface area contributed by atoms with Crippen LogP contribution in [0.1, 0.15) is 22.3 Å². The van der Waals surface area contributed by atoms with Gasteiger partial charge in [0, 0.05) is 30.5 Å². The van der Waals surface area contributed by atoms with Gasteiger partial charge in [-0.1, -0.05) is 18.2 Å². The smallest absolute Gasteiger partial charge is 0.261 e. The van der Waals surface area contributed by atoms with Crippen molar-refractivity contribution in [3.63, 3.8) is 0 Å². The van der Waals surface area contributed by atoms with Gasteiger partial charge in [0.2, 0.25) is 0 Å². The van der Waals surface area contributed by atoms with Crippen LogP contribution >= 0.6 is 0 Å². The molecular weight excluding hydrogens is 376 g/mol. The fourth-order valence-corrected chi connectivity index (χ4v) is 3.72. The predicted molar refractivity (Wildman–Crippen MR) is 108 cm³/mol. The number of nitrogens with zero attached hydrogens (tertiary/aromatic N) is 2. The summed E-state index contributed by atoms with van der Waals surface area (Å²) in [5.74, 6) is -0.200. The molecule has 0 unspecified atom stereocenters. The Morgan fingerprint density at radius 3 is 2.43 bits per heavy atom. The average Bonchev–Trinajstić information content (AvgIpc) is 3.11. The number of hydrogen-bond acceptors (Lipinski definition) is 4. The van der Waals surface area contributed by atoms with Crippen LogP contribution in [0.4, 0.5) is 5.69 Å². The Morgan fingerprint density at radius 1 is 1.07 bits per heavy atom. The quantitative estimate of drug-likeness (QED) is 0.571. The summed E-state index contributed by atoms with van der Waals surface area (Å²) in [5.41, 5.74) is 1.97. The molecule has 3 aromatic rings. The van der Waals surface area contributed by atoms with Gasteiger partial charge in [0.1, 0.15) is 0 Å². The SMILES string of the molecule is Cc1cnn(CCCNC(=O)c2ccc(NS(=O)(=O)c3ccccc3)cc2)c1. The molecule has 0 atom stereocenters. The van der Waals surface area contributed by atoms with Gasteiger partial charge < -0.3 is 5.32 Å². The van der Waals surface area contributed by atoms with Gasteiger partial charge in [-0.3, -0.25) is 14.2 Å². The highest BCUT2D eigenvalue weighted by Crippen LogP contribution is 2.16. The summed E-state index contributed by atoms with van der Waals surface area (Å²) in [6.07, 6.45) is 4.52. The van der Waals surface area contributed by atoms with Gasteiger partial charge in [0.15, 0.2) is 0 Å². The van der Waals surface area contributed by atoms with E-state index in [4.69, 9.17) is 0 Å². The molecule has 0 saturated carbocycles. The lowest BCUT2D eigenvalue weighted by Gasteiger charge is -2.09. The Morgan fingerprint density at radius 2 is 1.79 bits per heavy atom. The Kier molecular flexibility index (Phi) is 6.10. The van der Waals surface area contributed by atoms with Crippen LogP contribution in [0, 0.1) is 6.92 Å². The van der Waals surface area contributed by atoms with Crippen molar-refractivity contribution in [3.05, 3.63) is 78.1 Å². The molecule has 146 valence electrons. The van der Waals surface area contributed by atoms with Crippen molar-refractivity contribution in [2.24, 2.45) is 0 Å². The summed E-state index contributed by atoms with van der Waals surface area (Å²) < 4.78 is 29.0. The number of rotatable bonds is 8. The third-order valence-corrected chi connectivity index (χ3v) is 5.46. The second kappa shape index (κ2) is 8.71. The highest BCUT2D eigenvalue weighted by molar-refractivity contribution is 7.92. The zero-order chi connectivity index (χ0) is 20.0. The van der Waals surface area contributed by atoms with Crippen LogP contribution in [0.2, 0.25) is 0 Å². The van der Waals surface area contributed by atoms with Crippen LogP contribution in [-0.4, -0.2) is 30.7 Å². The van der Waals surface area contributed by atoms with Gasteiger partial charge in [-0.15, -0.1) is 0 Å². The van der Waals surface area contributed by atoms with Crippen molar-refractivity contribution < 1.29 is 13.2 Å². The van der Waals surface area contributed by atoms with E-state index in [0.717, 1.165) is 18.5 Å². The van der Waals surface area contributed by atoms with E-state index in [-0.39, 0.29) is 10.8 Å². The van der Waals surface area contributed by atoms with E-state index in [9.17, 15) is 13.2 Å². The van der Waals surface area contributed by atoms with Crippen LogP contribution in [0.3, 0.4) is 0 Å². The molecule has 0 aliphatic heterocycles. The molecule has 3 rings (SSSR count). The van der Waals surface area contributed by atoms with Crippen molar-refractivity contribution in [2.75, 3.05) is 11.3 Å². The molecule has 0 bridgehead atoms. The van der Waals surface area contributed by atoms with Crippen molar-refractivity contribution in [3.8, 4) is 0 Å². The van der Waals surface area contributed by atoms with Crippen molar-refractivity contribution in [2.45, 2.75) is 24.8 Å². The van der Waals surface area contributed by atoms with E-state index in [1.807, 2.05) is 17.8 Å². The van der Waals surface area contributed by atoms with E-state index < -0.39 is 10.0 Å². The maximum absolute atomic E-state index is 12.3. The fourth-order valence-electron chi connectivity index (χ4n) is 2.64. The van der Waals surface area contributed by atoms with Crippen LogP contribution in [0.15, 0.2) is 71.9 Å². The molecule has 0 aliphatic rings. The molecular formula is C20H22N4O3S. The number of nitrogens with one attached hydrogen (secondary N) is 2. The largest absolute Gasteiger partial charge is 0.352 e. The molecule has 1 amide bonds.